The average Bonchev–Trinajstić information content (AvgIpc) is 2.76. The van der Waals surface area contributed by atoms with Crippen molar-refractivity contribution in [2.45, 2.75) is 58.8 Å². The lowest BCUT2D eigenvalue weighted by molar-refractivity contribution is 0.0955. The van der Waals surface area contributed by atoms with Gasteiger partial charge in [0, 0.05) is 5.56 Å². The molecule has 0 aliphatic heterocycles. The van der Waals surface area contributed by atoms with Crippen molar-refractivity contribution in [3.05, 3.63) is 59.2 Å². The highest BCUT2D eigenvalue weighted by molar-refractivity contribution is 5.94. The van der Waals surface area contributed by atoms with Gasteiger partial charge in [-0.3, -0.25) is 4.79 Å². The summed E-state index contributed by atoms with van der Waals surface area (Å²) in [6, 6.07) is 13.0. The highest BCUT2D eigenvalue weighted by Gasteiger charge is 2.06. The molecule has 30 heavy (non-hydrogen) atoms. The molecule has 2 rings (SSSR count). The van der Waals surface area contributed by atoms with Crippen LogP contribution in [0.4, 0.5) is 0 Å². The lowest BCUT2D eigenvalue weighted by atomic mass is 10.1. The zero-order chi connectivity index (χ0) is 21.6. The van der Waals surface area contributed by atoms with Gasteiger partial charge in [0.15, 0.2) is 11.5 Å². The summed E-state index contributed by atoms with van der Waals surface area (Å²) in [5.74, 6) is 1.14. The SMILES string of the molecule is CCCCCCCCCOc1ccc(/C=N\NC(=O)c2ccc(C)cc2)cc1OC. The zero-order valence-corrected chi connectivity index (χ0v) is 18.4. The number of hydrazone groups is 1. The molecule has 5 heteroatoms. The third-order valence-corrected chi connectivity index (χ3v) is 4.89. The molecule has 0 spiro atoms. The molecule has 2 aromatic carbocycles. The van der Waals surface area contributed by atoms with E-state index >= 15 is 0 Å². The average molecular weight is 411 g/mol. The van der Waals surface area contributed by atoms with Crippen molar-refractivity contribution >= 4 is 12.1 Å². The maximum atomic E-state index is 12.1. The minimum Gasteiger partial charge on any atom is -0.493 e. The Kier molecular flexibility index (Phi) is 10.5. The molecule has 0 heterocycles. The van der Waals surface area contributed by atoms with Gasteiger partial charge in [-0.25, -0.2) is 5.43 Å². The number of nitrogens with zero attached hydrogens (tertiary/aromatic N) is 1. The normalized spacial score (nSPS) is 10.9. The summed E-state index contributed by atoms with van der Waals surface area (Å²) >= 11 is 0. The van der Waals surface area contributed by atoms with Crippen LogP contribution in [-0.2, 0) is 0 Å². The quantitative estimate of drug-likeness (QED) is 0.254. The van der Waals surface area contributed by atoms with Crippen molar-refractivity contribution < 1.29 is 14.3 Å². The summed E-state index contributed by atoms with van der Waals surface area (Å²) < 4.78 is 11.3. The van der Waals surface area contributed by atoms with Crippen LogP contribution >= 0.6 is 0 Å². The van der Waals surface area contributed by atoms with E-state index in [9.17, 15) is 4.79 Å². The molecule has 5 nitrogen and oxygen atoms in total. The maximum Gasteiger partial charge on any atom is 0.271 e. The summed E-state index contributed by atoms with van der Waals surface area (Å²) in [4.78, 5) is 12.1. The van der Waals surface area contributed by atoms with Gasteiger partial charge in [0.2, 0.25) is 0 Å². The van der Waals surface area contributed by atoms with Gasteiger partial charge in [-0.05, 0) is 49.2 Å². The number of ether oxygens (including phenoxy) is 2. The molecule has 0 unspecified atom stereocenters. The number of methoxy groups -OCH3 is 1. The zero-order valence-electron chi connectivity index (χ0n) is 18.4. The molecule has 0 aromatic heterocycles. The first-order valence-corrected chi connectivity index (χ1v) is 10.8. The summed E-state index contributed by atoms with van der Waals surface area (Å²) in [6.07, 6.45) is 10.4. The molecule has 0 saturated heterocycles. The molecule has 2 aromatic rings. The Balaban J connectivity index is 1.79. The second kappa shape index (κ2) is 13.4. The van der Waals surface area contributed by atoms with E-state index in [1.807, 2.05) is 37.3 Å². The largest absolute Gasteiger partial charge is 0.493 e. The molecule has 0 fully saturated rings. The smallest absolute Gasteiger partial charge is 0.271 e. The van der Waals surface area contributed by atoms with E-state index in [2.05, 4.69) is 17.5 Å². The number of benzene rings is 2. The van der Waals surface area contributed by atoms with Crippen LogP contribution in [0.2, 0.25) is 0 Å². The number of hydrogen-bond donors (Lipinski definition) is 1. The Bertz CT molecular complexity index is 801. The minimum atomic E-state index is -0.243. The van der Waals surface area contributed by atoms with Gasteiger partial charge in [-0.2, -0.15) is 5.10 Å². The number of nitrogens with one attached hydrogen (secondary N) is 1. The van der Waals surface area contributed by atoms with Crippen LogP contribution in [0.3, 0.4) is 0 Å². The van der Waals surface area contributed by atoms with Crippen LogP contribution in [-0.4, -0.2) is 25.8 Å². The Morgan fingerprint density at radius 2 is 1.67 bits per heavy atom. The molecular weight excluding hydrogens is 376 g/mol. The molecule has 0 aliphatic rings. The molecule has 1 N–H and O–H groups in total. The molecule has 0 radical (unpaired) electrons. The number of hydrogen-bond acceptors (Lipinski definition) is 4. The van der Waals surface area contributed by atoms with E-state index in [-0.39, 0.29) is 5.91 Å². The van der Waals surface area contributed by atoms with Gasteiger partial charge >= 0.3 is 0 Å². The Hall–Kier alpha value is -2.82. The summed E-state index contributed by atoms with van der Waals surface area (Å²) in [6.45, 7) is 4.90. The van der Waals surface area contributed by atoms with Crippen molar-refractivity contribution in [3.63, 3.8) is 0 Å². The first-order chi connectivity index (χ1) is 14.6. The van der Waals surface area contributed by atoms with Crippen LogP contribution < -0.4 is 14.9 Å². The maximum absolute atomic E-state index is 12.1. The van der Waals surface area contributed by atoms with Crippen molar-refractivity contribution in [3.8, 4) is 11.5 Å². The van der Waals surface area contributed by atoms with Gasteiger partial charge in [-0.15, -0.1) is 0 Å². The topological polar surface area (TPSA) is 59.9 Å². The molecule has 0 atom stereocenters. The van der Waals surface area contributed by atoms with Gasteiger partial charge < -0.3 is 9.47 Å². The Morgan fingerprint density at radius 1 is 0.967 bits per heavy atom. The second-order valence-corrected chi connectivity index (χ2v) is 7.45. The van der Waals surface area contributed by atoms with Crippen LogP contribution in [0.25, 0.3) is 0 Å². The fourth-order valence-corrected chi connectivity index (χ4v) is 3.06. The Morgan fingerprint density at radius 3 is 2.37 bits per heavy atom. The number of amides is 1. The summed E-state index contributed by atoms with van der Waals surface area (Å²) in [5, 5.41) is 4.04. The summed E-state index contributed by atoms with van der Waals surface area (Å²) in [5.41, 5.74) is 5.04. The molecule has 162 valence electrons. The summed E-state index contributed by atoms with van der Waals surface area (Å²) in [7, 11) is 1.62. The molecule has 0 saturated carbocycles. The first-order valence-electron chi connectivity index (χ1n) is 10.8. The predicted octanol–water partition coefficient (Wildman–Crippen LogP) is 5.90. The lowest BCUT2D eigenvalue weighted by Gasteiger charge is -2.11. The van der Waals surface area contributed by atoms with Crippen molar-refractivity contribution in [2.24, 2.45) is 5.10 Å². The van der Waals surface area contributed by atoms with Crippen LogP contribution in [0.5, 0.6) is 11.5 Å². The van der Waals surface area contributed by atoms with E-state index < -0.39 is 0 Å². The number of unbranched alkanes of at least 4 members (excludes halogenated alkanes) is 6. The van der Waals surface area contributed by atoms with E-state index in [4.69, 9.17) is 9.47 Å². The van der Waals surface area contributed by atoms with E-state index in [0.717, 1.165) is 23.3 Å². The fourth-order valence-electron chi connectivity index (χ4n) is 3.06. The van der Waals surface area contributed by atoms with Gasteiger partial charge in [0.25, 0.3) is 5.91 Å². The monoisotopic (exact) mass is 410 g/mol. The van der Waals surface area contributed by atoms with Gasteiger partial charge in [0.05, 0.1) is 19.9 Å². The number of carbonyl (C=O) groups excluding carboxylic acids is 1. The lowest BCUT2D eigenvalue weighted by Crippen LogP contribution is -2.17. The van der Waals surface area contributed by atoms with Crippen molar-refractivity contribution in [2.75, 3.05) is 13.7 Å². The van der Waals surface area contributed by atoms with Crippen molar-refractivity contribution in [1.29, 1.82) is 0 Å². The standard InChI is InChI=1S/C25H34N2O3/c1-4-5-6-7-8-9-10-17-30-23-16-13-21(18-24(23)29-3)19-26-27-25(28)22-14-11-20(2)12-15-22/h11-16,18-19H,4-10,17H2,1-3H3,(H,27,28)/b26-19-. The predicted molar refractivity (Wildman–Crippen MR) is 123 cm³/mol. The third kappa shape index (κ3) is 8.27. The molecule has 0 aliphatic carbocycles. The first kappa shape index (κ1) is 23.5. The van der Waals surface area contributed by atoms with E-state index in [0.29, 0.717) is 17.9 Å². The molecule has 0 bridgehead atoms. The van der Waals surface area contributed by atoms with Crippen LogP contribution in [0.1, 0.15) is 73.4 Å². The van der Waals surface area contributed by atoms with Crippen LogP contribution in [0, 0.1) is 6.92 Å². The molecular formula is C25H34N2O3. The third-order valence-electron chi connectivity index (χ3n) is 4.89. The van der Waals surface area contributed by atoms with E-state index in [1.165, 1.54) is 38.5 Å². The Labute approximate surface area is 180 Å². The number of carbonyl (C=O) groups is 1. The highest BCUT2D eigenvalue weighted by Crippen LogP contribution is 2.27. The molecule has 1 amide bonds. The minimum absolute atomic E-state index is 0.243. The number of rotatable bonds is 13. The van der Waals surface area contributed by atoms with Crippen LogP contribution in [0.15, 0.2) is 47.6 Å². The van der Waals surface area contributed by atoms with Gasteiger partial charge in [0.1, 0.15) is 0 Å². The van der Waals surface area contributed by atoms with E-state index in [1.54, 1.807) is 25.5 Å². The second-order valence-electron chi connectivity index (χ2n) is 7.45. The van der Waals surface area contributed by atoms with Gasteiger partial charge in [-0.1, -0.05) is 63.1 Å². The number of aryl methyl sites for hydroxylation is 1. The van der Waals surface area contributed by atoms with Crippen molar-refractivity contribution in [1.82, 2.24) is 5.43 Å². The fraction of sp³-hybridized carbons (Fsp3) is 0.440. The highest BCUT2D eigenvalue weighted by atomic mass is 16.5.